The molecular weight excluding hydrogens is 651 g/mol. The summed E-state index contributed by atoms with van der Waals surface area (Å²) < 4.78 is 8.94. The molecule has 8 aromatic carbocycles. The van der Waals surface area contributed by atoms with Gasteiger partial charge in [0.25, 0.3) is 0 Å². The van der Waals surface area contributed by atoms with Gasteiger partial charge in [0.15, 0.2) is 0 Å². The fourth-order valence-corrected chi connectivity index (χ4v) is 10.1. The predicted octanol–water partition coefficient (Wildman–Crippen LogP) is 13.8. The van der Waals surface area contributed by atoms with Gasteiger partial charge in [-0.25, -0.2) is 0 Å². The first-order valence-electron chi connectivity index (χ1n) is 17.8. The quantitative estimate of drug-likeness (QED) is 0.180. The Bertz CT molecular complexity index is 2930. The van der Waals surface area contributed by atoms with E-state index in [0.29, 0.717) is 0 Å². The van der Waals surface area contributed by atoms with Crippen molar-refractivity contribution in [1.82, 2.24) is 0 Å². The SMILES string of the molecule is c1ccc(N(c2ccc3c(c2)oc2ccccc23)c2ccc3c(c2)sc2c(C4(c5ccccc5)c5ccccc5-c5ccccc54)cccc23)cc1. The molecule has 0 atom stereocenters. The highest BCUT2D eigenvalue weighted by Crippen LogP contribution is 2.58. The van der Waals surface area contributed by atoms with E-state index < -0.39 is 5.41 Å². The van der Waals surface area contributed by atoms with Crippen molar-refractivity contribution in [2.24, 2.45) is 0 Å². The number of anilines is 3. The van der Waals surface area contributed by atoms with Crippen LogP contribution in [0.3, 0.4) is 0 Å². The highest BCUT2D eigenvalue weighted by molar-refractivity contribution is 7.26. The number of furan rings is 1. The van der Waals surface area contributed by atoms with Crippen molar-refractivity contribution in [2.75, 3.05) is 4.90 Å². The van der Waals surface area contributed by atoms with Gasteiger partial charge < -0.3 is 9.32 Å². The maximum Gasteiger partial charge on any atom is 0.137 e. The second-order valence-electron chi connectivity index (χ2n) is 13.6. The summed E-state index contributed by atoms with van der Waals surface area (Å²) in [6.45, 7) is 0. The van der Waals surface area contributed by atoms with Crippen LogP contribution >= 0.6 is 11.3 Å². The third kappa shape index (κ3) is 4.11. The molecule has 1 aliphatic carbocycles. The van der Waals surface area contributed by atoms with Crippen molar-refractivity contribution in [1.29, 1.82) is 0 Å². The Morgan fingerprint density at radius 3 is 1.75 bits per heavy atom. The minimum Gasteiger partial charge on any atom is -0.456 e. The van der Waals surface area contributed by atoms with Crippen molar-refractivity contribution in [2.45, 2.75) is 5.41 Å². The maximum atomic E-state index is 6.36. The molecule has 0 unspecified atom stereocenters. The average molecular weight is 682 g/mol. The molecule has 2 nitrogen and oxygen atoms in total. The molecule has 0 fully saturated rings. The molecule has 0 spiro atoms. The number of para-hydroxylation sites is 2. The van der Waals surface area contributed by atoms with Crippen LogP contribution in [0.25, 0.3) is 53.2 Å². The lowest BCUT2D eigenvalue weighted by Gasteiger charge is -2.34. The van der Waals surface area contributed by atoms with Gasteiger partial charge >= 0.3 is 0 Å². The summed E-state index contributed by atoms with van der Waals surface area (Å²) in [5, 5.41) is 4.83. The third-order valence-corrected chi connectivity index (χ3v) is 12.1. The summed E-state index contributed by atoms with van der Waals surface area (Å²) in [6, 6.07) is 68.4. The minimum absolute atomic E-state index is 0.449. The number of thiophene rings is 1. The number of hydrogen-bond acceptors (Lipinski definition) is 3. The molecule has 0 bridgehead atoms. The third-order valence-electron chi connectivity index (χ3n) is 10.9. The van der Waals surface area contributed by atoms with E-state index >= 15 is 0 Å². The molecule has 2 heterocycles. The Morgan fingerprint density at radius 2 is 0.981 bits per heavy atom. The molecule has 11 rings (SSSR count). The molecule has 10 aromatic rings. The predicted molar refractivity (Wildman–Crippen MR) is 219 cm³/mol. The first-order chi connectivity index (χ1) is 25.8. The Balaban J connectivity index is 1.14. The standard InChI is InChI=1S/C49H31NOS/c1-3-14-32(15-4-1)49(42-22-10-7-18-36(42)37-19-8-11-23-43(37)49)44-24-13-21-41-40-29-27-35(31-47(40)52-48(41)44)50(33-16-5-2-6-17-33)34-26-28-39-38-20-9-12-25-45(38)51-46(39)30-34/h1-31H. The molecule has 244 valence electrons. The second-order valence-corrected chi connectivity index (χ2v) is 14.7. The largest absolute Gasteiger partial charge is 0.456 e. The number of hydrogen-bond donors (Lipinski definition) is 0. The molecule has 0 N–H and O–H groups in total. The van der Waals surface area contributed by atoms with Crippen molar-refractivity contribution in [3.63, 3.8) is 0 Å². The molecular formula is C49H31NOS. The van der Waals surface area contributed by atoms with Crippen molar-refractivity contribution in [3.8, 4) is 11.1 Å². The van der Waals surface area contributed by atoms with Gasteiger partial charge in [0, 0.05) is 54.1 Å². The highest BCUT2D eigenvalue weighted by Gasteiger charge is 2.46. The monoisotopic (exact) mass is 681 g/mol. The lowest BCUT2D eigenvalue weighted by atomic mass is 9.67. The van der Waals surface area contributed by atoms with Gasteiger partial charge in [-0.15, -0.1) is 11.3 Å². The number of fused-ring (bicyclic) bond motifs is 9. The second kappa shape index (κ2) is 11.3. The molecule has 0 aliphatic heterocycles. The molecule has 0 saturated heterocycles. The van der Waals surface area contributed by atoms with E-state index in [9.17, 15) is 0 Å². The Labute approximate surface area is 305 Å². The van der Waals surface area contributed by atoms with Gasteiger partial charge in [0.1, 0.15) is 11.2 Å². The van der Waals surface area contributed by atoms with E-state index in [2.05, 4.69) is 181 Å². The highest BCUT2D eigenvalue weighted by atomic mass is 32.1. The number of benzene rings is 8. The van der Waals surface area contributed by atoms with E-state index in [1.807, 2.05) is 23.5 Å². The summed E-state index contributed by atoms with van der Waals surface area (Å²) in [6.07, 6.45) is 0. The summed E-state index contributed by atoms with van der Waals surface area (Å²) in [7, 11) is 0. The van der Waals surface area contributed by atoms with Crippen molar-refractivity contribution < 1.29 is 4.42 Å². The van der Waals surface area contributed by atoms with Crippen LogP contribution in [-0.4, -0.2) is 0 Å². The fourth-order valence-electron chi connectivity index (χ4n) is 8.78. The van der Waals surface area contributed by atoms with Gasteiger partial charge in [0.05, 0.1) is 5.41 Å². The molecule has 1 aliphatic rings. The summed E-state index contributed by atoms with van der Waals surface area (Å²) in [5.74, 6) is 0. The van der Waals surface area contributed by atoms with Crippen LogP contribution in [0.5, 0.6) is 0 Å². The number of nitrogens with zero attached hydrogens (tertiary/aromatic N) is 1. The van der Waals surface area contributed by atoms with Gasteiger partial charge in [-0.2, -0.15) is 0 Å². The molecule has 0 radical (unpaired) electrons. The van der Waals surface area contributed by atoms with E-state index in [-0.39, 0.29) is 0 Å². The fraction of sp³-hybridized carbons (Fsp3) is 0.0204. The first-order valence-corrected chi connectivity index (χ1v) is 18.6. The van der Waals surface area contributed by atoms with Crippen LogP contribution in [0.1, 0.15) is 22.3 Å². The van der Waals surface area contributed by atoms with Crippen molar-refractivity contribution >= 4 is 70.5 Å². The van der Waals surface area contributed by atoms with Crippen LogP contribution in [0.15, 0.2) is 192 Å². The average Bonchev–Trinajstić information content (AvgIpc) is 3.87. The van der Waals surface area contributed by atoms with E-state index in [1.165, 1.54) is 53.6 Å². The molecule has 0 saturated carbocycles. The van der Waals surface area contributed by atoms with Gasteiger partial charge in [-0.1, -0.05) is 140 Å². The summed E-state index contributed by atoms with van der Waals surface area (Å²) >= 11 is 1.90. The number of rotatable bonds is 5. The zero-order chi connectivity index (χ0) is 34.2. The zero-order valence-corrected chi connectivity index (χ0v) is 29.0. The maximum absolute atomic E-state index is 6.36. The molecule has 3 heteroatoms. The summed E-state index contributed by atoms with van der Waals surface area (Å²) in [4.78, 5) is 2.34. The molecule has 2 aromatic heterocycles. The van der Waals surface area contributed by atoms with Crippen LogP contribution < -0.4 is 4.90 Å². The van der Waals surface area contributed by atoms with Crippen molar-refractivity contribution in [3.05, 3.63) is 210 Å². The Morgan fingerprint density at radius 1 is 0.404 bits per heavy atom. The topological polar surface area (TPSA) is 16.4 Å². The van der Waals surface area contributed by atoms with Crippen LogP contribution in [0, 0.1) is 0 Å². The van der Waals surface area contributed by atoms with Gasteiger partial charge in [-0.3, -0.25) is 0 Å². The smallest absolute Gasteiger partial charge is 0.137 e. The first kappa shape index (κ1) is 29.3. The summed E-state index contributed by atoms with van der Waals surface area (Å²) in [5.41, 5.74) is 12.5. The normalized spacial score (nSPS) is 13.2. The van der Waals surface area contributed by atoms with Crippen LogP contribution in [0.4, 0.5) is 17.1 Å². The lowest BCUT2D eigenvalue weighted by molar-refractivity contribution is 0.669. The van der Waals surface area contributed by atoms with Crippen LogP contribution in [0.2, 0.25) is 0 Å². The van der Waals surface area contributed by atoms with Crippen LogP contribution in [-0.2, 0) is 5.41 Å². The van der Waals surface area contributed by atoms with E-state index in [4.69, 9.17) is 4.42 Å². The minimum atomic E-state index is -0.449. The molecule has 52 heavy (non-hydrogen) atoms. The molecule has 0 amide bonds. The van der Waals surface area contributed by atoms with Gasteiger partial charge in [-0.05, 0) is 75.8 Å². The zero-order valence-electron chi connectivity index (χ0n) is 28.2. The lowest BCUT2D eigenvalue weighted by Crippen LogP contribution is -2.28. The van der Waals surface area contributed by atoms with E-state index in [1.54, 1.807) is 0 Å². The van der Waals surface area contributed by atoms with Gasteiger partial charge in [0.2, 0.25) is 0 Å². The Hall–Kier alpha value is -6.42. The van der Waals surface area contributed by atoms with E-state index in [0.717, 1.165) is 39.0 Å². The Kier molecular flexibility index (Phi) is 6.37.